The average molecular weight is 1380 g/mol. The van der Waals surface area contributed by atoms with Crippen molar-refractivity contribution >= 4 is 70.9 Å². The fraction of sp³-hybridized carbons (Fsp3) is 0.746. The van der Waals surface area contributed by atoms with Crippen molar-refractivity contribution in [1.82, 2.24) is 65.8 Å². The van der Waals surface area contributed by atoms with E-state index < -0.39 is 151 Å². The van der Waals surface area contributed by atoms with Gasteiger partial charge in [0.15, 0.2) is 0 Å². The Hall–Kier alpha value is -7.26. The number of ether oxygens (including phenoxy) is 2. The van der Waals surface area contributed by atoms with Gasteiger partial charge in [0.2, 0.25) is 70.9 Å². The van der Waals surface area contributed by atoms with Crippen molar-refractivity contribution in [3.63, 3.8) is 0 Å². The lowest BCUT2D eigenvalue weighted by Gasteiger charge is -2.37. The molecular weight excluding hydrogens is 1260 g/mol. The number of hydrogen-bond acceptors (Lipinski definition) is 15. The molecule has 98 heavy (non-hydrogen) atoms. The summed E-state index contributed by atoms with van der Waals surface area (Å²) in [6, 6.07) is -2.54. The third-order valence-electron chi connectivity index (χ3n) is 18.7. The lowest BCUT2D eigenvalue weighted by Crippen LogP contribution is -2.61. The van der Waals surface area contributed by atoms with Crippen LogP contribution in [0.2, 0.25) is 0 Å². The second-order valence-electron chi connectivity index (χ2n) is 28.5. The molecule has 1 aromatic carbocycles. The second kappa shape index (κ2) is 40.7. The maximum atomic E-state index is 15.5. The molecule has 0 bridgehead atoms. The summed E-state index contributed by atoms with van der Waals surface area (Å²) in [4.78, 5) is 188. The van der Waals surface area contributed by atoms with Crippen LogP contribution >= 0.6 is 0 Å². The van der Waals surface area contributed by atoms with Gasteiger partial charge in [-0.1, -0.05) is 113 Å². The van der Waals surface area contributed by atoms with Crippen LogP contribution in [0.3, 0.4) is 0 Å². The van der Waals surface area contributed by atoms with Crippen LogP contribution < -0.4 is 26.6 Å². The van der Waals surface area contributed by atoms with Crippen LogP contribution in [0, 0.1) is 23.7 Å². The number of amides is 12. The predicted octanol–water partition coefficient (Wildman–Crippen LogP) is 2.43. The molecule has 0 aliphatic carbocycles. The standard InChI is InChI=1S/C71H119N13O14/c1-18-21-31-84-41-61(87)79(14)58(38-49-28-24-22-25-29-49)70(95)82(17)57(37-47(8)9)66(91)73-51(35-45(4)5)67(92)81(16)56(36-46(6)7)65(90)74-52(68(93)83-32-26-23-27-33-83)39-59(85)77(12)40-60(86)78(13)54(19-2)64(89)76-62(48(10)11)71(96)80(15)55(20-3)63(88)75-53(69(84)94)44-98-43-50-42-97-34-30-72-50/h22,24-25,28-29,45-48,50-58,62,72H,18-21,23,26-27,30-44H2,1-17H3,(H,73,91)(H,74,90)(H,75,88)(H,76,89)/t50?,51-,52-,53-,54-,55?,56-,57-,58-,62-/m0/s1. The van der Waals surface area contributed by atoms with E-state index in [-0.39, 0.29) is 82.1 Å². The molecule has 0 saturated carbocycles. The highest BCUT2D eigenvalue weighted by atomic mass is 16.5. The second-order valence-corrected chi connectivity index (χ2v) is 28.5. The minimum Gasteiger partial charge on any atom is -0.378 e. The van der Waals surface area contributed by atoms with Crippen molar-refractivity contribution in [2.75, 3.05) is 108 Å². The SMILES string of the molecule is CCCCN1CC(=O)N(C)[C@@H](Cc2ccccc2)C(=O)N(C)[C@@H](CC(C)C)C(=O)N[C@@H](CC(C)C)C(=O)N(C)[C@@H](CC(C)C)C(=O)N[C@H](C(=O)N2CCCCC2)CC(=O)N(C)CC(=O)N(C)[C@@H](CC)C(=O)N[C@@H](C(C)C)C(=O)N(C)C(CC)C(=O)N[C@@H](COCC2COCCN2)C1=O. The molecule has 0 radical (unpaired) electrons. The molecule has 27 heteroatoms. The van der Waals surface area contributed by atoms with Crippen LogP contribution in [-0.2, 0) is 73.4 Å². The number of piperidine rings is 1. The normalized spacial score (nSPS) is 25.9. The fourth-order valence-corrected chi connectivity index (χ4v) is 12.6. The molecule has 2 unspecified atom stereocenters. The lowest BCUT2D eigenvalue weighted by atomic mass is 9.96. The molecule has 1 aromatic rings. The summed E-state index contributed by atoms with van der Waals surface area (Å²) in [6.07, 6.45) is 3.23. The third-order valence-corrected chi connectivity index (χ3v) is 18.7. The highest BCUT2D eigenvalue weighted by Crippen LogP contribution is 2.23. The van der Waals surface area contributed by atoms with Crippen LogP contribution in [0.5, 0.6) is 0 Å². The van der Waals surface area contributed by atoms with Crippen LogP contribution in [0.1, 0.15) is 152 Å². The van der Waals surface area contributed by atoms with E-state index in [1.54, 1.807) is 44.7 Å². The quantitative estimate of drug-likeness (QED) is 0.133. The molecule has 5 N–H and O–H groups in total. The van der Waals surface area contributed by atoms with E-state index in [2.05, 4.69) is 26.6 Å². The zero-order valence-corrected chi connectivity index (χ0v) is 61.8. The largest absolute Gasteiger partial charge is 0.378 e. The first-order valence-electron chi connectivity index (χ1n) is 35.5. The minimum absolute atomic E-state index is 0.00752. The Morgan fingerprint density at radius 3 is 1.62 bits per heavy atom. The highest BCUT2D eigenvalue weighted by Gasteiger charge is 2.43. The van der Waals surface area contributed by atoms with E-state index in [0.717, 1.165) is 11.3 Å². The summed E-state index contributed by atoms with van der Waals surface area (Å²) in [6.45, 7) is 20.8. The molecule has 3 heterocycles. The lowest BCUT2D eigenvalue weighted by molar-refractivity contribution is -0.151. The van der Waals surface area contributed by atoms with E-state index in [4.69, 9.17) is 9.47 Å². The van der Waals surface area contributed by atoms with Crippen molar-refractivity contribution in [2.45, 2.75) is 214 Å². The van der Waals surface area contributed by atoms with Crippen molar-refractivity contribution < 1.29 is 67.0 Å². The number of unbranched alkanes of at least 4 members (excludes halogenated alkanes) is 1. The number of morpholine rings is 1. The smallest absolute Gasteiger partial charge is 0.248 e. The minimum atomic E-state index is -1.43. The van der Waals surface area contributed by atoms with Gasteiger partial charge in [0.25, 0.3) is 0 Å². The number of likely N-dealkylation sites (N-methyl/N-ethyl adjacent to an activating group) is 6. The summed E-state index contributed by atoms with van der Waals surface area (Å²) in [5, 5.41) is 14.8. The van der Waals surface area contributed by atoms with Gasteiger partial charge in [-0.3, -0.25) is 57.5 Å². The number of hydrogen-bond donors (Lipinski definition) is 5. The predicted molar refractivity (Wildman–Crippen MR) is 372 cm³/mol. The molecule has 27 nitrogen and oxygen atoms in total. The number of rotatable bonds is 19. The summed E-state index contributed by atoms with van der Waals surface area (Å²) in [5.74, 6) is -8.97. The Kier molecular flexibility index (Phi) is 34.6. The Bertz CT molecular complexity index is 2810. The van der Waals surface area contributed by atoms with E-state index in [1.807, 2.05) is 66.7 Å². The summed E-state index contributed by atoms with van der Waals surface area (Å²) in [7, 11) is 8.57. The monoisotopic (exact) mass is 1380 g/mol. The summed E-state index contributed by atoms with van der Waals surface area (Å²) >= 11 is 0. The molecule has 0 aromatic heterocycles. The maximum Gasteiger partial charge on any atom is 0.248 e. The number of likely N-dealkylation sites (tertiary alicyclic amines) is 1. The number of benzene rings is 1. The molecular formula is C71H119N13O14. The van der Waals surface area contributed by atoms with Gasteiger partial charge in [0, 0.05) is 74.9 Å². The van der Waals surface area contributed by atoms with Crippen LogP contribution in [0.15, 0.2) is 30.3 Å². The average Bonchev–Trinajstić information content (AvgIpc) is 0.834. The van der Waals surface area contributed by atoms with Crippen LogP contribution in [0.4, 0.5) is 0 Å². The number of carbonyl (C=O) groups is 12. The topological polar surface area (TPSA) is 309 Å². The molecule has 3 aliphatic rings. The van der Waals surface area contributed by atoms with Gasteiger partial charge in [-0.25, -0.2) is 0 Å². The Balaban J connectivity index is 1.93. The van der Waals surface area contributed by atoms with Crippen molar-refractivity contribution in [3.05, 3.63) is 35.9 Å². The van der Waals surface area contributed by atoms with Crippen molar-refractivity contribution in [3.8, 4) is 0 Å². The van der Waals surface area contributed by atoms with Gasteiger partial charge in [-0.15, -0.1) is 0 Å². The number of carbonyl (C=O) groups excluding carboxylic acids is 12. The number of nitrogens with zero attached hydrogens (tertiary/aromatic N) is 8. The van der Waals surface area contributed by atoms with Gasteiger partial charge >= 0.3 is 0 Å². The maximum absolute atomic E-state index is 15.5. The zero-order chi connectivity index (χ0) is 73.2. The van der Waals surface area contributed by atoms with E-state index in [0.29, 0.717) is 64.1 Å². The molecule has 4 rings (SSSR count). The van der Waals surface area contributed by atoms with Crippen LogP contribution in [-0.4, -0.2) is 278 Å². The van der Waals surface area contributed by atoms with Gasteiger partial charge in [-0.05, 0) is 87.0 Å². The number of nitrogens with one attached hydrogen (secondary N) is 5. The van der Waals surface area contributed by atoms with Crippen molar-refractivity contribution in [2.24, 2.45) is 23.7 Å². The molecule has 552 valence electrons. The van der Waals surface area contributed by atoms with Gasteiger partial charge < -0.3 is 75.3 Å². The molecule has 12 amide bonds. The molecule has 3 fully saturated rings. The Morgan fingerprint density at radius 2 is 1.07 bits per heavy atom. The Labute approximate surface area is 582 Å². The third kappa shape index (κ3) is 24.6. The highest BCUT2D eigenvalue weighted by molar-refractivity contribution is 6.00. The van der Waals surface area contributed by atoms with Crippen molar-refractivity contribution in [1.29, 1.82) is 0 Å². The van der Waals surface area contributed by atoms with E-state index in [9.17, 15) is 33.6 Å². The molecule has 0 spiro atoms. The molecule has 3 saturated heterocycles. The first kappa shape index (κ1) is 83.2. The van der Waals surface area contributed by atoms with Crippen LogP contribution in [0.25, 0.3) is 0 Å². The van der Waals surface area contributed by atoms with Gasteiger partial charge in [0.1, 0.15) is 54.4 Å². The van der Waals surface area contributed by atoms with E-state index >= 15 is 24.0 Å². The summed E-state index contributed by atoms with van der Waals surface area (Å²) in [5.41, 5.74) is 0.687. The van der Waals surface area contributed by atoms with Gasteiger partial charge in [-0.2, -0.15) is 0 Å². The zero-order valence-electron chi connectivity index (χ0n) is 61.8. The first-order valence-corrected chi connectivity index (χ1v) is 35.5. The van der Waals surface area contributed by atoms with Gasteiger partial charge in [0.05, 0.1) is 52.0 Å². The fourth-order valence-electron chi connectivity index (χ4n) is 12.6. The van der Waals surface area contributed by atoms with E-state index in [1.165, 1.54) is 71.7 Å². The summed E-state index contributed by atoms with van der Waals surface area (Å²) < 4.78 is 11.8. The molecule has 10 atom stereocenters. The Morgan fingerprint density at radius 1 is 0.551 bits per heavy atom. The molecule has 3 aliphatic heterocycles. The first-order chi connectivity index (χ1) is 46.3.